The summed E-state index contributed by atoms with van der Waals surface area (Å²) in [5.74, 6) is 0.504. The van der Waals surface area contributed by atoms with Gasteiger partial charge in [-0.25, -0.2) is 0 Å². The summed E-state index contributed by atoms with van der Waals surface area (Å²) in [5, 5.41) is 9.74. The van der Waals surface area contributed by atoms with Gasteiger partial charge in [0.05, 0.1) is 24.0 Å². The molecule has 1 atom stereocenters. The average Bonchev–Trinajstić information content (AvgIpc) is 2.39. The van der Waals surface area contributed by atoms with Gasteiger partial charge in [0.2, 0.25) is 5.91 Å². The second-order valence-electron chi connectivity index (χ2n) is 5.73. The lowest BCUT2D eigenvalue weighted by Gasteiger charge is -2.42. The van der Waals surface area contributed by atoms with E-state index in [2.05, 4.69) is 0 Å². The van der Waals surface area contributed by atoms with Crippen molar-refractivity contribution in [2.24, 2.45) is 0 Å². The number of benzene rings is 1. The van der Waals surface area contributed by atoms with Crippen LogP contribution in [0.2, 0.25) is 0 Å². The van der Waals surface area contributed by atoms with Crippen LogP contribution >= 0.6 is 11.6 Å². The molecule has 0 radical (unpaired) electrons. The monoisotopic (exact) mass is 297 g/mol. The lowest BCUT2D eigenvalue weighted by molar-refractivity contribution is -0.157. The molecule has 0 spiro atoms. The third kappa shape index (κ3) is 3.64. The highest BCUT2D eigenvalue weighted by molar-refractivity contribution is 6.18. The van der Waals surface area contributed by atoms with Crippen LogP contribution < -0.4 is 0 Å². The number of aromatic hydroxyl groups is 1. The number of morpholine rings is 1. The number of ether oxygens (including phenoxy) is 1. The molecule has 4 nitrogen and oxygen atoms in total. The fourth-order valence-corrected chi connectivity index (χ4v) is 2.66. The Balaban J connectivity index is 2.07. The molecule has 1 aromatic carbocycles. The van der Waals surface area contributed by atoms with Gasteiger partial charge in [-0.1, -0.05) is 18.2 Å². The minimum Gasteiger partial charge on any atom is -0.508 e. The van der Waals surface area contributed by atoms with Crippen molar-refractivity contribution in [1.29, 1.82) is 0 Å². The SMILES string of the molecule is CC1(C)CN(C(=O)Cc2ccccc2O)CC(CCl)O1. The van der Waals surface area contributed by atoms with Crippen LogP contribution in [0.1, 0.15) is 19.4 Å². The Morgan fingerprint density at radius 3 is 2.85 bits per heavy atom. The number of carbonyl (C=O) groups excluding carboxylic acids is 1. The van der Waals surface area contributed by atoms with E-state index in [9.17, 15) is 9.90 Å². The largest absolute Gasteiger partial charge is 0.508 e. The zero-order valence-corrected chi connectivity index (χ0v) is 12.6. The number of phenols is 1. The van der Waals surface area contributed by atoms with Crippen LogP contribution in [0.4, 0.5) is 0 Å². The number of nitrogens with zero attached hydrogens (tertiary/aromatic N) is 1. The van der Waals surface area contributed by atoms with Crippen molar-refractivity contribution in [3.05, 3.63) is 29.8 Å². The number of phenolic OH excluding ortho intramolecular Hbond substituents is 1. The quantitative estimate of drug-likeness (QED) is 0.870. The van der Waals surface area contributed by atoms with E-state index < -0.39 is 5.60 Å². The zero-order chi connectivity index (χ0) is 14.8. The topological polar surface area (TPSA) is 49.8 Å². The zero-order valence-electron chi connectivity index (χ0n) is 11.8. The number of para-hydroxylation sites is 1. The van der Waals surface area contributed by atoms with Crippen molar-refractivity contribution >= 4 is 17.5 Å². The molecule has 5 heteroatoms. The maximum absolute atomic E-state index is 12.4. The van der Waals surface area contributed by atoms with Crippen molar-refractivity contribution in [3.63, 3.8) is 0 Å². The average molecular weight is 298 g/mol. The van der Waals surface area contributed by atoms with Gasteiger partial charge in [-0.05, 0) is 19.9 Å². The van der Waals surface area contributed by atoms with Crippen LogP contribution in [0.3, 0.4) is 0 Å². The number of rotatable bonds is 3. The van der Waals surface area contributed by atoms with Crippen LogP contribution in [0.5, 0.6) is 5.75 Å². The Morgan fingerprint density at radius 1 is 1.50 bits per heavy atom. The van der Waals surface area contributed by atoms with E-state index in [0.29, 0.717) is 24.5 Å². The van der Waals surface area contributed by atoms with Crippen molar-refractivity contribution in [2.75, 3.05) is 19.0 Å². The molecule has 110 valence electrons. The van der Waals surface area contributed by atoms with Gasteiger partial charge in [0, 0.05) is 18.7 Å². The molecule has 0 bridgehead atoms. The summed E-state index contributed by atoms with van der Waals surface area (Å²) in [4.78, 5) is 14.2. The van der Waals surface area contributed by atoms with E-state index in [0.717, 1.165) is 0 Å². The lowest BCUT2D eigenvalue weighted by Crippen LogP contribution is -2.55. The van der Waals surface area contributed by atoms with E-state index in [-0.39, 0.29) is 24.2 Å². The van der Waals surface area contributed by atoms with E-state index >= 15 is 0 Å². The highest BCUT2D eigenvalue weighted by atomic mass is 35.5. The first kappa shape index (κ1) is 15.1. The van der Waals surface area contributed by atoms with E-state index in [1.165, 1.54) is 0 Å². The molecule has 1 unspecified atom stereocenters. The Kier molecular flexibility index (Phi) is 4.55. The molecular weight excluding hydrogens is 278 g/mol. The summed E-state index contributed by atoms with van der Waals surface area (Å²) in [6, 6.07) is 6.91. The molecule has 1 heterocycles. The maximum Gasteiger partial charge on any atom is 0.227 e. The van der Waals surface area contributed by atoms with E-state index in [1.807, 2.05) is 19.9 Å². The molecule has 1 aliphatic heterocycles. The summed E-state index contributed by atoms with van der Waals surface area (Å²) in [6.45, 7) is 4.93. The van der Waals surface area contributed by atoms with Gasteiger partial charge in [-0.2, -0.15) is 0 Å². The normalized spacial score (nSPS) is 21.8. The summed E-state index contributed by atoms with van der Waals surface area (Å²) in [5.41, 5.74) is 0.246. The molecule has 0 aromatic heterocycles. The minimum atomic E-state index is -0.397. The smallest absolute Gasteiger partial charge is 0.227 e. The number of amides is 1. The predicted molar refractivity (Wildman–Crippen MR) is 78.1 cm³/mol. The molecular formula is C15H20ClNO3. The first-order chi connectivity index (χ1) is 9.41. The molecule has 0 saturated carbocycles. The fourth-order valence-electron chi connectivity index (χ4n) is 2.50. The molecule has 1 fully saturated rings. The highest BCUT2D eigenvalue weighted by Crippen LogP contribution is 2.23. The van der Waals surface area contributed by atoms with E-state index in [1.54, 1.807) is 23.1 Å². The molecule has 2 rings (SSSR count). The highest BCUT2D eigenvalue weighted by Gasteiger charge is 2.35. The molecule has 1 aromatic rings. The van der Waals surface area contributed by atoms with Crippen LogP contribution in [0.25, 0.3) is 0 Å². The van der Waals surface area contributed by atoms with Gasteiger partial charge in [-0.3, -0.25) is 4.79 Å². The van der Waals surface area contributed by atoms with Crippen molar-refractivity contribution in [2.45, 2.75) is 32.0 Å². The first-order valence-electron chi connectivity index (χ1n) is 6.70. The Bertz CT molecular complexity index is 490. The number of carbonyl (C=O) groups is 1. The van der Waals surface area contributed by atoms with Crippen LogP contribution in [0, 0.1) is 0 Å². The van der Waals surface area contributed by atoms with Crippen LogP contribution in [0.15, 0.2) is 24.3 Å². The fraction of sp³-hybridized carbons (Fsp3) is 0.533. The van der Waals surface area contributed by atoms with Crippen LogP contribution in [-0.4, -0.2) is 46.6 Å². The van der Waals surface area contributed by atoms with E-state index in [4.69, 9.17) is 16.3 Å². The molecule has 20 heavy (non-hydrogen) atoms. The molecule has 0 aliphatic carbocycles. The van der Waals surface area contributed by atoms with Gasteiger partial charge in [0.1, 0.15) is 5.75 Å². The minimum absolute atomic E-state index is 0.0157. The molecule has 1 saturated heterocycles. The Morgan fingerprint density at radius 2 is 2.20 bits per heavy atom. The molecule has 1 amide bonds. The molecule has 1 aliphatic rings. The Hall–Kier alpha value is -1.26. The third-order valence-electron chi connectivity index (χ3n) is 3.34. The lowest BCUT2D eigenvalue weighted by atomic mass is 10.0. The van der Waals surface area contributed by atoms with Crippen molar-refractivity contribution in [1.82, 2.24) is 4.90 Å². The summed E-state index contributed by atoms with van der Waals surface area (Å²) in [7, 11) is 0. The van der Waals surface area contributed by atoms with Crippen molar-refractivity contribution in [3.8, 4) is 5.75 Å². The second-order valence-corrected chi connectivity index (χ2v) is 6.04. The summed E-state index contributed by atoms with van der Waals surface area (Å²) in [6.07, 6.45) is 0.0475. The van der Waals surface area contributed by atoms with Gasteiger partial charge < -0.3 is 14.7 Å². The number of hydrogen-bond donors (Lipinski definition) is 1. The number of alkyl halides is 1. The Labute approximate surface area is 124 Å². The second kappa shape index (κ2) is 6.02. The van der Waals surface area contributed by atoms with Gasteiger partial charge >= 0.3 is 0 Å². The standard InChI is InChI=1S/C15H20ClNO3/c1-15(2)10-17(9-12(8-16)20-15)14(19)7-11-5-3-4-6-13(11)18/h3-6,12,18H,7-10H2,1-2H3. The molecule has 1 N–H and O–H groups in total. The first-order valence-corrected chi connectivity index (χ1v) is 7.23. The van der Waals surface area contributed by atoms with Crippen molar-refractivity contribution < 1.29 is 14.6 Å². The third-order valence-corrected chi connectivity index (χ3v) is 3.68. The van der Waals surface area contributed by atoms with Gasteiger partial charge in [0.15, 0.2) is 0 Å². The number of hydrogen-bond acceptors (Lipinski definition) is 3. The summed E-state index contributed by atoms with van der Waals surface area (Å²) >= 11 is 5.86. The maximum atomic E-state index is 12.4. The van der Waals surface area contributed by atoms with Crippen LogP contribution in [-0.2, 0) is 16.0 Å². The predicted octanol–water partition coefficient (Wildman–Crippen LogP) is 2.18. The number of halogens is 1. The van der Waals surface area contributed by atoms with Gasteiger partial charge in [-0.15, -0.1) is 11.6 Å². The van der Waals surface area contributed by atoms with Gasteiger partial charge in [0.25, 0.3) is 0 Å². The summed E-state index contributed by atoms with van der Waals surface area (Å²) < 4.78 is 5.80.